The first kappa shape index (κ1) is 12.2. The molecule has 8 heteroatoms. The predicted molar refractivity (Wildman–Crippen MR) is 78.5 cm³/mol. The number of nitrogens with two attached hydrogens (primary N) is 1. The second-order valence-corrected chi connectivity index (χ2v) is 5.08. The minimum Gasteiger partial charge on any atom is -0.368 e. The Morgan fingerprint density at radius 1 is 1.32 bits per heavy atom. The van der Waals surface area contributed by atoms with Crippen LogP contribution in [0.2, 0.25) is 5.02 Å². The molecule has 0 saturated carbocycles. The molecule has 0 saturated heterocycles. The molecule has 0 aliphatic rings. The van der Waals surface area contributed by atoms with Crippen LogP contribution in [0.15, 0.2) is 28.9 Å². The van der Waals surface area contributed by atoms with E-state index in [-0.39, 0.29) is 5.95 Å². The van der Waals surface area contributed by atoms with E-state index < -0.39 is 0 Å². The van der Waals surface area contributed by atoms with Crippen LogP contribution in [0.5, 0.6) is 0 Å². The number of halogens is 2. The minimum atomic E-state index is 0.173. The van der Waals surface area contributed by atoms with Gasteiger partial charge in [0, 0.05) is 10.2 Å². The van der Waals surface area contributed by atoms with Gasteiger partial charge in [-0.05, 0) is 34.1 Å². The molecule has 0 unspecified atom stereocenters. The summed E-state index contributed by atoms with van der Waals surface area (Å²) in [5, 5.41) is 11.2. The number of benzene rings is 1. The van der Waals surface area contributed by atoms with Gasteiger partial charge in [-0.2, -0.15) is 15.1 Å². The topological polar surface area (TPSA) is 92.5 Å². The highest BCUT2D eigenvalue weighted by Crippen LogP contribution is 2.28. The van der Waals surface area contributed by atoms with Crippen LogP contribution in [0.3, 0.4) is 0 Å². The van der Waals surface area contributed by atoms with Crippen LogP contribution in [0.25, 0.3) is 11.0 Å². The van der Waals surface area contributed by atoms with Crippen molar-refractivity contribution in [1.82, 2.24) is 20.2 Å². The van der Waals surface area contributed by atoms with Crippen LogP contribution in [0, 0.1) is 0 Å². The Labute approximate surface area is 121 Å². The number of rotatable bonds is 2. The van der Waals surface area contributed by atoms with Gasteiger partial charge in [0.1, 0.15) is 5.82 Å². The predicted octanol–water partition coefficient (Wildman–Crippen LogP) is 3.09. The maximum Gasteiger partial charge on any atom is 0.224 e. The third kappa shape index (κ3) is 2.34. The van der Waals surface area contributed by atoms with E-state index >= 15 is 0 Å². The molecule has 96 valence electrons. The van der Waals surface area contributed by atoms with Crippen molar-refractivity contribution in [3.05, 3.63) is 33.9 Å². The third-order valence-electron chi connectivity index (χ3n) is 2.51. The molecule has 0 atom stereocenters. The lowest BCUT2D eigenvalue weighted by atomic mass is 10.3. The molecule has 19 heavy (non-hydrogen) atoms. The summed E-state index contributed by atoms with van der Waals surface area (Å²) < 4.78 is 0.796. The molecule has 0 spiro atoms. The van der Waals surface area contributed by atoms with Crippen molar-refractivity contribution in [2.75, 3.05) is 11.1 Å². The number of hydrogen-bond acceptors (Lipinski definition) is 5. The normalized spacial score (nSPS) is 10.8. The Kier molecular flexibility index (Phi) is 3.00. The lowest BCUT2D eigenvalue weighted by molar-refractivity contribution is 1.09. The quantitative estimate of drug-likeness (QED) is 0.667. The number of fused-ring (bicyclic) bond motifs is 1. The van der Waals surface area contributed by atoms with E-state index in [1.165, 1.54) is 0 Å². The molecule has 0 bridgehead atoms. The number of anilines is 3. The van der Waals surface area contributed by atoms with Gasteiger partial charge in [-0.15, -0.1) is 0 Å². The molecular weight excluding hydrogens is 332 g/mol. The number of aromatic amines is 1. The molecule has 4 N–H and O–H groups in total. The number of nitrogen functional groups attached to an aromatic ring is 1. The monoisotopic (exact) mass is 338 g/mol. The highest BCUT2D eigenvalue weighted by atomic mass is 79.9. The number of hydrogen-bond donors (Lipinski definition) is 3. The first-order chi connectivity index (χ1) is 9.13. The van der Waals surface area contributed by atoms with E-state index in [1.54, 1.807) is 12.3 Å². The van der Waals surface area contributed by atoms with Crippen molar-refractivity contribution in [1.29, 1.82) is 0 Å². The molecule has 2 heterocycles. The summed E-state index contributed by atoms with van der Waals surface area (Å²) in [4.78, 5) is 8.22. The molecular formula is C11H8BrClN6. The smallest absolute Gasteiger partial charge is 0.224 e. The van der Waals surface area contributed by atoms with Crippen LogP contribution in [0.4, 0.5) is 17.5 Å². The summed E-state index contributed by atoms with van der Waals surface area (Å²) in [5.74, 6) is 0.762. The van der Waals surface area contributed by atoms with Crippen molar-refractivity contribution < 1.29 is 0 Å². The molecule has 0 radical (unpaired) electrons. The Balaban J connectivity index is 2.04. The molecule has 3 rings (SSSR count). The largest absolute Gasteiger partial charge is 0.368 e. The summed E-state index contributed by atoms with van der Waals surface area (Å²) >= 11 is 9.32. The van der Waals surface area contributed by atoms with Gasteiger partial charge in [0.05, 0.1) is 16.6 Å². The third-order valence-corrected chi connectivity index (χ3v) is 3.72. The van der Waals surface area contributed by atoms with Crippen LogP contribution in [0.1, 0.15) is 0 Å². The summed E-state index contributed by atoms with van der Waals surface area (Å²) in [5.41, 5.74) is 7.07. The van der Waals surface area contributed by atoms with E-state index in [2.05, 4.69) is 41.4 Å². The zero-order valence-electron chi connectivity index (χ0n) is 9.48. The molecule has 2 aromatic heterocycles. The molecule has 0 fully saturated rings. The molecule has 1 aromatic carbocycles. The zero-order valence-corrected chi connectivity index (χ0v) is 11.8. The molecule has 6 nitrogen and oxygen atoms in total. The van der Waals surface area contributed by atoms with Crippen LogP contribution in [-0.4, -0.2) is 20.2 Å². The van der Waals surface area contributed by atoms with Gasteiger partial charge in [0.2, 0.25) is 5.95 Å². The van der Waals surface area contributed by atoms with Crippen LogP contribution >= 0.6 is 27.5 Å². The fraction of sp³-hybridized carbons (Fsp3) is 0. The Hall–Kier alpha value is -1.86. The van der Waals surface area contributed by atoms with E-state index in [4.69, 9.17) is 17.3 Å². The minimum absolute atomic E-state index is 0.173. The SMILES string of the molecule is Nc1nc(Nc2ccc(Cl)c(Br)c2)c2cn[nH]c2n1. The van der Waals surface area contributed by atoms with E-state index in [0.717, 1.165) is 15.5 Å². The fourth-order valence-electron chi connectivity index (χ4n) is 1.66. The average Bonchev–Trinajstić information content (AvgIpc) is 2.82. The zero-order chi connectivity index (χ0) is 13.4. The summed E-state index contributed by atoms with van der Waals surface area (Å²) in [6.07, 6.45) is 1.64. The van der Waals surface area contributed by atoms with Gasteiger partial charge < -0.3 is 11.1 Å². The Morgan fingerprint density at radius 3 is 2.95 bits per heavy atom. The number of H-pyrrole nitrogens is 1. The fourth-order valence-corrected chi connectivity index (χ4v) is 2.15. The molecule has 0 aliphatic heterocycles. The van der Waals surface area contributed by atoms with Gasteiger partial charge in [-0.3, -0.25) is 5.10 Å². The summed E-state index contributed by atoms with van der Waals surface area (Å²) in [6.45, 7) is 0. The molecule has 3 aromatic rings. The maximum atomic E-state index is 5.95. The van der Waals surface area contributed by atoms with Crippen molar-refractivity contribution in [3.8, 4) is 0 Å². The lowest BCUT2D eigenvalue weighted by Crippen LogP contribution is -2.00. The van der Waals surface area contributed by atoms with Crippen LogP contribution in [-0.2, 0) is 0 Å². The van der Waals surface area contributed by atoms with Crippen molar-refractivity contribution in [3.63, 3.8) is 0 Å². The van der Waals surface area contributed by atoms with Crippen molar-refractivity contribution in [2.45, 2.75) is 0 Å². The number of nitrogens with zero attached hydrogens (tertiary/aromatic N) is 3. The second-order valence-electron chi connectivity index (χ2n) is 3.82. The summed E-state index contributed by atoms with van der Waals surface area (Å²) in [6, 6.07) is 5.48. The standard InChI is InChI=1S/C11H8BrClN6/c12-7-3-5(1-2-8(7)13)16-9-6-4-15-19-10(6)18-11(14)17-9/h1-4H,(H4,14,15,16,17,18,19). The van der Waals surface area contributed by atoms with Gasteiger partial charge in [0.15, 0.2) is 5.65 Å². The lowest BCUT2D eigenvalue weighted by Gasteiger charge is -2.08. The van der Waals surface area contributed by atoms with Gasteiger partial charge in [0.25, 0.3) is 0 Å². The Bertz CT molecular complexity index is 756. The Morgan fingerprint density at radius 2 is 2.16 bits per heavy atom. The van der Waals surface area contributed by atoms with E-state index in [1.807, 2.05) is 12.1 Å². The van der Waals surface area contributed by atoms with Gasteiger partial charge in [-0.25, -0.2) is 0 Å². The number of aromatic nitrogens is 4. The van der Waals surface area contributed by atoms with Gasteiger partial charge in [-0.1, -0.05) is 11.6 Å². The van der Waals surface area contributed by atoms with E-state index in [0.29, 0.717) is 16.5 Å². The van der Waals surface area contributed by atoms with Gasteiger partial charge >= 0.3 is 0 Å². The van der Waals surface area contributed by atoms with Crippen molar-refractivity contribution >= 4 is 56.0 Å². The number of nitrogens with one attached hydrogen (secondary N) is 2. The van der Waals surface area contributed by atoms with E-state index in [9.17, 15) is 0 Å². The summed E-state index contributed by atoms with van der Waals surface area (Å²) in [7, 11) is 0. The second kappa shape index (κ2) is 4.67. The van der Waals surface area contributed by atoms with Crippen molar-refractivity contribution in [2.24, 2.45) is 0 Å². The maximum absolute atomic E-state index is 5.95. The first-order valence-corrected chi connectivity index (χ1v) is 6.49. The average molecular weight is 340 g/mol. The van der Waals surface area contributed by atoms with Crippen LogP contribution < -0.4 is 11.1 Å². The molecule has 0 amide bonds. The highest BCUT2D eigenvalue weighted by molar-refractivity contribution is 9.10. The first-order valence-electron chi connectivity index (χ1n) is 5.32. The molecule has 0 aliphatic carbocycles. The highest BCUT2D eigenvalue weighted by Gasteiger charge is 2.08.